The number of guanidine groups is 1. The van der Waals surface area contributed by atoms with E-state index in [1.54, 1.807) is 13.0 Å². The van der Waals surface area contributed by atoms with Crippen LogP contribution in [0.4, 0.5) is 8.78 Å². The number of carbonyl (C=O) groups is 1. The van der Waals surface area contributed by atoms with Crippen molar-refractivity contribution in [3.05, 3.63) is 23.8 Å². The Morgan fingerprint density at radius 3 is 2.52 bits per heavy atom. The van der Waals surface area contributed by atoms with Crippen molar-refractivity contribution in [2.24, 2.45) is 10.9 Å². The quantitative estimate of drug-likeness (QED) is 0.235. The smallest absolute Gasteiger partial charge is 0.387 e. The van der Waals surface area contributed by atoms with Crippen LogP contribution < -0.4 is 20.1 Å². The standard InChI is InChI=1S/C17H25F2N3O4.HI/c1-5-20-17(21-9-11(2)15(23)25-4)22-10-12-8-13(24-3)6-7-14(12)26-16(18)19;/h6-8,11,16H,5,9-10H2,1-4H3,(H2,20,21,22);1H. The molecule has 2 N–H and O–H groups in total. The zero-order chi connectivity index (χ0) is 19.5. The molecule has 10 heteroatoms. The Morgan fingerprint density at radius 1 is 1.26 bits per heavy atom. The minimum atomic E-state index is -2.93. The summed E-state index contributed by atoms with van der Waals surface area (Å²) in [6, 6.07) is 4.53. The Bertz CT molecular complexity index is 618. The van der Waals surface area contributed by atoms with Crippen molar-refractivity contribution in [1.82, 2.24) is 10.6 Å². The van der Waals surface area contributed by atoms with Gasteiger partial charge in [-0.3, -0.25) is 4.79 Å². The molecule has 0 spiro atoms. The van der Waals surface area contributed by atoms with Gasteiger partial charge in [-0.1, -0.05) is 6.92 Å². The van der Waals surface area contributed by atoms with E-state index in [0.29, 0.717) is 30.4 Å². The number of carbonyl (C=O) groups excluding carboxylic acids is 1. The van der Waals surface area contributed by atoms with Crippen molar-refractivity contribution in [3.63, 3.8) is 0 Å². The second-order valence-corrected chi connectivity index (χ2v) is 5.35. The molecular formula is C17H26F2IN3O4. The SMILES string of the molecule is CCNC(=NCc1cc(OC)ccc1OC(F)F)NCC(C)C(=O)OC.I. The number of nitrogens with zero attached hydrogens (tertiary/aromatic N) is 1. The maximum absolute atomic E-state index is 12.6. The van der Waals surface area contributed by atoms with E-state index in [1.165, 1.54) is 26.4 Å². The van der Waals surface area contributed by atoms with E-state index in [1.807, 2.05) is 6.92 Å². The van der Waals surface area contributed by atoms with E-state index < -0.39 is 6.61 Å². The number of benzene rings is 1. The number of ether oxygens (including phenoxy) is 3. The van der Waals surface area contributed by atoms with Crippen LogP contribution in [-0.2, 0) is 16.1 Å². The largest absolute Gasteiger partial charge is 0.497 e. The molecule has 27 heavy (non-hydrogen) atoms. The molecule has 1 aromatic carbocycles. The molecule has 1 rings (SSSR count). The Balaban J connectivity index is 0.00000676. The fourth-order valence-corrected chi connectivity index (χ4v) is 2.06. The number of halogens is 3. The molecule has 1 unspecified atom stereocenters. The second kappa shape index (κ2) is 13.3. The third-order valence-corrected chi connectivity index (χ3v) is 3.41. The van der Waals surface area contributed by atoms with Crippen LogP contribution in [0.3, 0.4) is 0 Å². The van der Waals surface area contributed by atoms with E-state index >= 15 is 0 Å². The van der Waals surface area contributed by atoms with Gasteiger partial charge in [0.1, 0.15) is 11.5 Å². The zero-order valence-corrected chi connectivity index (χ0v) is 18.1. The molecule has 0 amide bonds. The van der Waals surface area contributed by atoms with Crippen molar-refractivity contribution in [3.8, 4) is 11.5 Å². The average Bonchev–Trinajstić information content (AvgIpc) is 2.63. The lowest BCUT2D eigenvalue weighted by atomic mass is 10.2. The molecule has 1 atom stereocenters. The Morgan fingerprint density at radius 2 is 1.96 bits per heavy atom. The molecule has 0 fully saturated rings. The molecule has 154 valence electrons. The first kappa shape index (κ1) is 25.1. The predicted octanol–water partition coefficient (Wildman–Crippen LogP) is 2.78. The molecule has 0 bridgehead atoms. The van der Waals surface area contributed by atoms with E-state index in [9.17, 15) is 13.6 Å². The molecule has 0 radical (unpaired) electrons. The van der Waals surface area contributed by atoms with Crippen LogP contribution in [0.25, 0.3) is 0 Å². The summed E-state index contributed by atoms with van der Waals surface area (Å²) >= 11 is 0. The minimum absolute atomic E-state index is 0. The van der Waals surface area contributed by atoms with Gasteiger partial charge in [0.05, 0.1) is 26.7 Å². The molecule has 0 heterocycles. The number of methoxy groups -OCH3 is 2. The number of esters is 1. The lowest BCUT2D eigenvalue weighted by Crippen LogP contribution is -2.40. The normalized spacial score (nSPS) is 12.0. The van der Waals surface area contributed by atoms with Gasteiger partial charge in [0, 0.05) is 18.7 Å². The number of rotatable bonds is 9. The van der Waals surface area contributed by atoms with Gasteiger partial charge in [0.15, 0.2) is 5.96 Å². The highest BCUT2D eigenvalue weighted by Gasteiger charge is 2.14. The number of nitrogens with one attached hydrogen (secondary N) is 2. The lowest BCUT2D eigenvalue weighted by molar-refractivity contribution is -0.144. The summed E-state index contributed by atoms with van der Waals surface area (Å²) in [6.45, 7) is 1.67. The maximum Gasteiger partial charge on any atom is 0.387 e. The van der Waals surface area contributed by atoms with Crippen molar-refractivity contribution >= 4 is 35.9 Å². The third kappa shape index (κ3) is 9.07. The van der Waals surface area contributed by atoms with Crippen LogP contribution in [0.15, 0.2) is 23.2 Å². The molecule has 0 aliphatic carbocycles. The monoisotopic (exact) mass is 501 g/mol. The van der Waals surface area contributed by atoms with Crippen LogP contribution >= 0.6 is 24.0 Å². The molecule has 0 aliphatic heterocycles. The lowest BCUT2D eigenvalue weighted by Gasteiger charge is -2.15. The van der Waals surface area contributed by atoms with E-state index in [-0.39, 0.29) is 48.2 Å². The molecule has 0 saturated heterocycles. The Hall–Kier alpha value is -1.85. The Kier molecular flexibility index (Phi) is 12.4. The summed E-state index contributed by atoms with van der Waals surface area (Å²) in [7, 11) is 2.81. The van der Waals surface area contributed by atoms with Gasteiger partial charge in [-0.15, -0.1) is 24.0 Å². The van der Waals surface area contributed by atoms with Gasteiger partial charge >= 0.3 is 12.6 Å². The minimum Gasteiger partial charge on any atom is -0.497 e. The van der Waals surface area contributed by atoms with Crippen LogP contribution in [0.5, 0.6) is 11.5 Å². The van der Waals surface area contributed by atoms with Crippen LogP contribution in [0.1, 0.15) is 19.4 Å². The predicted molar refractivity (Wildman–Crippen MR) is 109 cm³/mol. The molecule has 1 aromatic rings. The number of alkyl halides is 2. The van der Waals surface area contributed by atoms with Gasteiger partial charge in [0.2, 0.25) is 0 Å². The molecular weight excluding hydrogens is 475 g/mol. The second-order valence-electron chi connectivity index (χ2n) is 5.35. The van der Waals surface area contributed by atoms with Gasteiger partial charge < -0.3 is 24.8 Å². The average molecular weight is 501 g/mol. The first-order valence-electron chi connectivity index (χ1n) is 8.13. The summed E-state index contributed by atoms with van der Waals surface area (Å²) in [5, 5.41) is 6.03. The highest BCUT2D eigenvalue weighted by atomic mass is 127. The van der Waals surface area contributed by atoms with E-state index in [2.05, 4.69) is 25.1 Å². The van der Waals surface area contributed by atoms with Gasteiger partial charge in [0.25, 0.3) is 0 Å². The van der Waals surface area contributed by atoms with E-state index in [4.69, 9.17) is 4.74 Å². The fraction of sp³-hybridized carbons (Fsp3) is 0.529. The fourth-order valence-electron chi connectivity index (χ4n) is 2.06. The summed E-state index contributed by atoms with van der Waals surface area (Å²) in [5.74, 6) is 0.277. The summed E-state index contributed by atoms with van der Waals surface area (Å²) < 4.78 is 39.4. The van der Waals surface area contributed by atoms with Crippen LogP contribution in [-0.4, -0.2) is 45.8 Å². The number of hydrogen-bond acceptors (Lipinski definition) is 5. The van der Waals surface area contributed by atoms with Gasteiger partial charge in [-0.25, -0.2) is 4.99 Å². The summed E-state index contributed by atoms with van der Waals surface area (Å²) in [5.41, 5.74) is 0.447. The van der Waals surface area contributed by atoms with E-state index in [0.717, 1.165) is 0 Å². The third-order valence-electron chi connectivity index (χ3n) is 3.41. The van der Waals surface area contributed by atoms with Crippen LogP contribution in [0, 0.1) is 5.92 Å². The van der Waals surface area contributed by atoms with Crippen LogP contribution in [0.2, 0.25) is 0 Å². The number of aliphatic imine (C=N–C) groups is 1. The van der Waals surface area contributed by atoms with Crippen molar-refractivity contribution < 1.29 is 27.8 Å². The number of hydrogen-bond donors (Lipinski definition) is 2. The molecule has 7 nitrogen and oxygen atoms in total. The Labute approximate surface area is 174 Å². The first-order chi connectivity index (χ1) is 12.4. The maximum atomic E-state index is 12.6. The van der Waals surface area contributed by atoms with Gasteiger partial charge in [-0.05, 0) is 25.1 Å². The summed E-state index contributed by atoms with van der Waals surface area (Å²) in [4.78, 5) is 15.8. The van der Waals surface area contributed by atoms with Crippen molar-refractivity contribution in [2.45, 2.75) is 27.0 Å². The molecule has 0 aliphatic rings. The van der Waals surface area contributed by atoms with Gasteiger partial charge in [-0.2, -0.15) is 8.78 Å². The molecule has 0 aromatic heterocycles. The topological polar surface area (TPSA) is 81.2 Å². The first-order valence-corrected chi connectivity index (χ1v) is 8.13. The molecule has 0 saturated carbocycles. The highest BCUT2D eigenvalue weighted by molar-refractivity contribution is 14.0. The summed E-state index contributed by atoms with van der Waals surface area (Å²) in [6.07, 6.45) is 0. The zero-order valence-electron chi connectivity index (χ0n) is 15.8. The van der Waals surface area contributed by atoms with Crippen molar-refractivity contribution in [2.75, 3.05) is 27.3 Å². The highest BCUT2D eigenvalue weighted by Crippen LogP contribution is 2.26. The van der Waals surface area contributed by atoms with Crippen molar-refractivity contribution in [1.29, 1.82) is 0 Å².